The van der Waals surface area contributed by atoms with Gasteiger partial charge in [-0.3, -0.25) is 0 Å². The van der Waals surface area contributed by atoms with Crippen molar-refractivity contribution < 1.29 is 0 Å². The molecular formula is C9H15N5. The van der Waals surface area contributed by atoms with E-state index in [1.165, 1.54) is 6.33 Å². The van der Waals surface area contributed by atoms with Crippen molar-refractivity contribution in [1.82, 2.24) is 9.97 Å². The van der Waals surface area contributed by atoms with Gasteiger partial charge < -0.3 is 16.5 Å². The average Bonchev–Trinajstić information content (AvgIpc) is 2.01. The molecule has 5 heteroatoms. The van der Waals surface area contributed by atoms with Crippen molar-refractivity contribution in [3.63, 3.8) is 0 Å². The molecule has 0 unspecified atom stereocenters. The summed E-state index contributed by atoms with van der Waals surface area (Å²) in [5, 5.41) is 10.7. The molecular weight excluding hydrogens is 178 g/mol. The SMILES string of the molecule is CC(=N)c1c(N)ncnc1NC(C)C. The first-order chi connectivity index (χ1) is 6.52. The Kier molecular flexibility index (Phi) is 3.01. The Morgan fingerprint density at radius 2 is 2.14 bits per heavy atom. The minimum absolute atomic E-state index is 0.252. The molecule has 5 nitrogen and oxygen atoms in total. The highest BCUT2D eigenvalue weighted by atomic mass is 15.0. The third kappa shape index (κ3) is 2.18. The fourth-order valence-corrected chi connectivity index (χ4v) is 1.15. The third-order valence-electron chi connectivity index (χ3n) is 1.68. The van der Waals surface area contributed by atoms with Gasteiger partial charge in [-0.15, -0.1) is 0 Å². The van der Waals surface area contributed by atoms with E-state index < -0.39 is 0 Å². The molecule has 0 saturated carbocycles. The molecule has 1 rings (SSSR count). The quantitative estimate of drug-likeness (QED) is 0.631. The molecule has 0 aliphatic carbocycles. The van der Waals surface area contributed by atoms with E-state index in [0.29, 0.717) is 22.9 Å². The maximum atomic E-state index is 7.56. The first kappa shape index (κ1) is 10.4. The van der Waals surface area contributed by atoms with Crippen molar-refractivity contribution in [2.75, 3.05) is 11.1 Å². The van der Waals surface area contributed by atoms with Gasteiger partial charge in [0.1, 0.15) is 18.0 Å². The molecule has 0 aromatic carbocycles. The molecule has 0 aliphatic rings. The maximum absolute atomic E-state index is 7.56. The zero-order valence-electron chi connectivity index (χ0n) is 8.63. The average molecular weight is 193 g/mol. The first-order valence-electron chi connectivity index (χ1n) is 4.45. The van der Waals surface area contributed by atoms with E-state index in [4.69, 9.17) is 11.1 Å². The molecule has 1 aromatic heterocycles. The topological polar surface area (TPSA) is 87.7 Å². The van der Waals surface area contributed by atoms with E-state index >= 15 is 0 Å². The highest BCUT2D eigenvalue weighted by Gasteiger charge is 2.11. The molecule has 0 bridgehead atoms. The van der Waals surface area contributed by atoms with Gasteiger partial charge in [-0.2, -0.15) is 0 Å². The van der Waals surface area contributed by atoms with Crippen LogP contribution >= 0.6 is 0 Å². The molecule has 1 heterocycles. The number of nitrogen functional groups attached to an aromatic ring is 1. The van der Waals surface area contributed by atoms with Crippen LogP contribution in [0.2, 0.25) is 0 Å². The Morgan fingerprint density at radius 1 is 1.50 bits per heavy atom. The smallest absolute Gasteiger partial charge is 0.140 e. The summed E-state index contributed by atoms with van der Waals surface area (Å²) in [7, 11) is 0. The molecule has 0 spiro atoms. The fraction of sp³-hybridized carbons (Fsp3) is 0.444. The molecule has 14 heavy (non-hydrogen) atoms. The summed E-state index contributed by atoms with van der Waals surface area (Å²) in [6, 6.07) is 0.252. The largest absolute Gasteiger partial charge is 0.383 e. The van der Waals surface area contributed by atoms with Gasteiger partial charge >= 0.3 is 0 Å². The van der Waals surface area contributed by atoms with Crippen molar-refractivity contribution in [1.29, 1.82) is 5.41 Å². The summed E-state index contributed by atoms with van der Waals surface area (Å²) in [4.78, 5) is 7.91. The van der Waals surface area contributed by atoms with Crippen LogP contribution in [0.5, 0.6) is 0 Å². The summed E-state index contributed by atoms with van der Waals surface area (Å²) in [6.45, 7) is 5.67. The number of anilines is 2. The van der Waals surface area contributed by atoms with Gasteiger partial charge in [-0.1, -0.05) is 0 Å². The minimum atomic E-state index is 0.252. The monoisotopic (exact) mass is 193 g/mol. The number of rotatable bonds is 3. The van der Waals surface area contributed by atoms with Gasteiger partial charge in [0.2, 0.25) is 0 Å². The number of hydrogen-bond donors (Lipinski definition) is 3. The Bertz CT molecular complexity index is 345. The highest BCUT2D eigenvalue weighted by Crippen LogP contribution is 2.17. The summed E-state index contributed by atoms with van der Waals surface area (Å²) >= 11 is 0. The summed E-state index contributed by atoms with van der Waals surface area (Å²) in [5.41, 5.74) is 6.62. The summed E-state index contributed by atoms with van der Waals surface area (Å²) < 4.78 is 0. The molecule has 0 saturated heterocycles. The number of hydrogen-bond acceptors (Lipinski definition) is 5. The van der Waals surface area contributed by atoms with E-state index in [9.17, 15) is 0 Å². The van der Waals surface area contributed by atoms with Crippen molar-refractivity contribution in [2.24, 2.45) is 0 Å². The minimum Gasteiger partial charge on any atom is -0.383 e. The van der Waals surface area contributed by atoms with Crippen LogP contribution in [-0.2, 0) is 0 Å². The van der Waals surface area contributed by atoms with Crippen LogP contribution in [-0.4, -0.2) is 21.7 Å². The van der Waals surface area contributed by atoms with Crippen LogP contribution < -0.4 is 11.1 Å². The Morgan fingerprint density at radius 3 is 2.64 bits per heavy atom. The van der Waals surface area contributed by atoms with Crippen molar-refractivity contribution in [3.8, 4) is 0 Å². The predicted molar refractivity (Wildman–Crippen MR) is 57.7 cm³/mol. The normalized spacial score (nSPS) is 10.3. The first-order valence-corrected chi connectivity index (χ1v) is 4.45. The Balaban J connectivity index is 3.14. The lowest BCUT2D eigenvalue weighted by atomic mass is 10.2. The third-order valence-corrected chi connectivity index (χ3v) is 1.68. The molecule has 0 atom stereocenters. The maximum Gasteiger partial charge on any atom is 0.140 e. The lowest BCUT2D eigenvalue weighted by molar-refractivity contribution is 0.885. The van der Waals surface area contributed by atoms with Crippen molar-refractivity contribution in [3.05, 3.63) is 11.9 Å². The van der Waals surface area contributed by atoms with E-state index in [-0.39, 0.29) is 6.04 Å². The molecule has 0 radical (unpaired) electrons. The predicted octanol–water partition coefficient (Wildman–Crippen LogP) is 1.27. The zero-order chi connectivity index (χ0) is 10.7. The zero-order valence-corrected chi connectivity index (χ0v) is 8.63. The Hall–Kier alpha value is -1.65. The highest BCUT2D eigenvalue weighted by molar-refractivity contribution is 6.04. The second-order valence-corrected chi connectivity index (χ2v) is 3.41. The van der Waals surface area contributed by atoms with E-state index in [0.717, 1.165) is 0 Å². The Labute approximate surface area is 83.3 Å². The fourth-order valence-electron chi connectivity index (χ4n) is 1.15. The van der Waals surface area contributed by atoms with Crippen LogP contribution in [0.3, 0.4) is 0 Å². The van der Waals surface area contributed by atoms with Crippen LogP contribution in [0.15, 0.2) is 6.33 Å². The molecule has 0 fully saturated rings. The van der Waals surface area contributed by atoms with E-state index in [1.54, 1.807) is 6.92 Å². The van der Waals surface area contributed by atoms with Gasteiger partial charge in [-0.25, -0.2) is 9.97 Å². The van der Waals surface area contributed by atoms with Crippen LogP contribution in [0, 0.1) is 5.41 Å². The lowest BCUT2D eigenvalue weighted by Crippen LogP contribution is -2.16. The lowest BCUT2D eigenvalue weighted by Gasteiger charge is -2.13. The van der Waals surface area contributed by atoms with E-state index in [2.05, 4.69) is 15.3 Å². The van der Waals surface area contributed by atoms with E-state index in [1.807, 2.05) is 13.8 Å². The summed E-state index contributed by atoms with van der Waals surface area (Å²) in [5.74, 6) is 0.968. The second kappa shape index (κ2) is 4.04. The number of aromatic nitrogens is 2. The molecule has 0 aliphatic heterocycles. The van der Waals surface area contributed by atoms with Gasteiger partial charge in [0, 0.05) is 11.8 Å². The van der Waals surface area contributed by atoms with Gasteiger partial charge in [0.25, 0.3) is 0 Å². The standard InChI is InChI=1S/C9H15N5/c1-5(2)14-9-7(6(3)10)8(11)12-4-13-9/h4-5,10H,1-3H3,(H3,11,12,13,14). The molecule has 0 amide bonds. The van der Waals surface area contributed by atoms with Gasteiger partial charge in [0.05, 0.1) is 5.56 Å². The second-order valence-electron chi connectivity index (χ2n) is 3.41. The van der Waals surface area contributed by atoms with Gasteiger partial charge in [-0.05, 0) is 20.8 Å². The van der Waals surface area contributed by atoms with Crippen LogP contribution in [0.25, 0.3) is 0 Å². The van der Waals surface area contributed by atoms with Crippen LogP contribution in [0.1, 0.15) is 26.3 Å². The van der Waals surface area contributed by atoms with Crippen LogP contribution in [0.4, 0.5) is 11.6 Å². The van der Waals surface area contributed by atoms with Crippen molar-refractivity contribution in [2.45, 2.75) is 26.8 Å². The van der Waals surface area contributed by atoms with Crippen molar-refractivity contribution >= 4 is 17.3 Å². The molecule has 1 aromatic rings. The van der Waals surface area contributed by atoms with Gasteiger partial charge in [0.15, 0.2) is 0 Å². The number of nitrogens with zero attached hydrogens (tertiary/aromatic N) is 2. The number of nitrogens with one attached hydrogen (secondary N) is 2. The molecule has 76 valence electrons. The number of nitrogens with two attached hydrogens (primary N) is 1. The molecule has 4 N–H and O–H groups in total. The summed E-state index contributed by atoms with van der Waals surface area (Å²) in [6.07, 6.45) is 1.40.